The summed E-state index contributed by atoms with van der Waals surface area (Å²) in [6, 6.07) is 2.54. The van der Waals surface area contributed by atoms with Gasteiger partial charge in [0, 0.05) is 18.6 Å². The number of nitrogens with two attached hydrogens (primary N) is 1. The van der Waals surface area contributed by atoms with Crippen molar-refractivity contribution in [1.29, 1.82) is 0 Å². The summed E-state index contributed by atoms with van der Waals surface area (Å²) in [5.74, 6) is -1.18. The molecule has 108 valence electrons. The van der Waals surface area contributed by atoms with E-state index in [1.165, 1.54) is 31.5 Å². The minimum absolute atomic E-state index is 0.00373. The number of nitrogens with zero attached hydrogens (tertiary/aromatic N) is 2. The summed E-state index contributed by atoms with van der Waals surface area (Å²) in [5.41, 5.74) is 2.85. The molecule has 0 aromatic carbocycles. The number of pyridine rings is 1. The topological polar surface area (TPSA) is 77.6 Å². The van der Waals surface area contributed by atoms with E-state index in [9.17, 15) is 18.0 Å². The number of rotatable bonds is 4. The lowest BCUT2D eigenvalue weighted by Gasteiger charge is -2.12. The van der Waals surface area contributed by atoms with Gasteiger partial charge in [0.15, 0.2) is 5.71 Å². The molecular weight excluding hydrogens is 275 g/mol. The van der Waals surface area contributed by atoms with Crippen LogP contribution >= 0.6 is 0 Å². The number of ether oxygens (including phenoxy) is 1. The smallest absolute Gasteiger partial charge is 0.434 e. The summed E-state index contributed by atoms with van der Waals surface area (Å²) in [5, 5.41) is 0. The molecule has 0 aliphatic heterocycles. The maximum atomic E-state index is 13.0. The van der Waals surface area contributed by atoms with Gasteiger partial charge >= 0.3 is 12.1 Å². The monoisotopic (exact) mass is 287 g/mol. The lowest BCUT2D eigenvalue weighted by atomic mass is 10.1. The number of carbonyl (C=O) groups excluding carboxylic acids is 1. The summed E-state index contributed by atoms with van der Waals surface area (Å²) >= 11 is 0. The molecule has 0 aliphatic carbocycles. The minimum Gasteiger partial charge on any atom is -0.462 e. The lowest BCUT2D eigenvalue weighted by Crippen LogP contribution is -2.30. The van der Waals surface area contributed by atoms with Crippen molar-refractivity contribution >= 4 is 17.4 Å². The molecule has 0 spiro atoms. The lowest BCUT2D eigenvalue weighted by molar-refractivity contribution is -0.138. The molecule has 0 unspecified atom stereocenters. The van der Waals surface area contributed by atoms with Gasteiger partial charge in [-0.25, -0.2) is 9.79 Å². The summed E-state index contributed by atoms with van der Waals surface area (Å²) < 4.78 is 43.5. The van der Waals surface area contributed by atoms with Crippen LogP contribution in [0.4, 0.5) is 18.9 Å². The average Bonchev–Trinajstić information content (AvgIpc) is 2.39. The van der Waals surface area contributed by atoms with Crippen molar-refractivity contribution in [2.75, 3.05) is 6.61 Å². The van der Waals surface area contributed by atoms with Gasteiger partial charge in [0.05, 0.1) is 12.3 Å². The highest BCUT2D eigenvalue weighted by Crippen LogP contribution is 2.26. The second-order valence-corrected chi connectivity index (χ2v) is 3.46. The normalized spacial score (nSPS) is 13.2. The zero-order valence-electron chi connectivity index (χ0n) is 10.5. The standard InChI is InChI=1S/C12H12F3N3O2/c1-2-20-11(19)9(7-16)10(12(13,14)15)18-8-3-5-17-6-4-8/h3-7H,2,16H2,1H3. The first-order chi connectivity index (χ1) is 9.40. The fourth-order valence-electron chi connectivity index (χ4n) is 1.28. The van der Waals surface area contributed by atoms with Gasteiger partial charge in [-0.3, -0.25) is 4.98 Å². The number of aliphatic imine (C=N–C) groups is 1. The van der Waals surface area contributed by atoms with Crippen LogP contribution in [0.3, 0.4) is 0 Å². The van der Waals surface area contributed by atoms with Crippen LogP contribution in [0.2, 0.25) is 0 Å². The number of alkyl halides is 3. The van der Waals surface area contributed by atoms with E-state index in [2.05, 4.69) is 14.7 Å². The maximum Gasteiger partial charge on any atom is 0.434 e. The number of esters is 1. The van der Waals surface area contributed by atoms with Gasteiger partial charge in [0.1, 0.15) is 5.57 Å². The highest BCUT2D eigenvalue weighted by Gasteiger charge is 2.41. The molecule has 1 aromatic rings. The Bertz CT molecular complexity index is 524. The Balaban J connectivity index is 3.27. The van der Waals surface area contributed by atoms with Gasteiger partial charge < -0.3 is 10.5 Å². The van der Waals surface area contributed by atoms with Crippen LogP contribution in [-0.4, -0.2) is 29.4 Å². The molecular formula is C12H12F3N3O2. The molecule has 2 N–H and O–H groups in total. The fraction of sp³-hybridized carbons (Fsp3) is 0.250. The SMILES string of the molecule is CCOC(=O)C(=CN)C(=Nc1ccncc1)C(F)(F)F. The molecule has 0 bridgehead atoms. The Labute approximate surface area is 113 Å². The molecule has 0 saturated carbocycles. The molecule has 8 heteroatoms. The Morgan fingerprint density at radius 3 is 2.50 bits per heavy atom. The third-order valence-electron chi connectivity index (χ3n) is 2.09. The third kappa shape index (κ3) is 4.08. The quantitative estimate of drug-likeness (QED) is 0.522. The van der Waals surface area contributed by atoms with Gasteiger partial charge in [-0.05, 0) is 19.1 Å². The molecule has 0 atom stereocenters. The fourth-order valence-corrected chi connectivity index (χ4v) is 1.28. The third-order valence-corrected chi connectivity index (χ3v) is 2.09. The predicted molar refractivity (Wildman–Crippen MR) is 66.3 cm³/mol. The zero-order chi connectivity index (χ0) is 15.2. The molecule has 0 amide bonds. The summed E-state index contributed by atoms with van der Waals surface area (Å²) in [7, 11) is 0. The van der Waals surface area contributed by atoms with E-state index in [1.54, 1.807) is 0 Å². The largest absolute Gasteiger partial charge is 0.462 e. The van der Waals surface area contributed by atoms with Gasteiger partial charge in [-0.15, -0.1) is 0 Å². The number of carbonyl (C=O) groups is 1. The van der Waals surface area contributed by atoms with Crippen molar-refractivity contribution in [3.05, 3.63) is 36.3 Å². The highest BCUT2D eigenvalue weighted by atomic mass is 19.4. The van der Waals surface area contributed by atoms with Crippen molar-refractivity contribution in [1.82, 2.24) is 4.98 Å². The Hall–Kier alpha value is -2.38. The molecule has 0 saturated heterocycles. The first kappa shape index (κ1) is 15.7. The van der Waals surface area contributed by atoms with Crippen LogP contribution in [0.5, 0.6) is 0 Å². The molecule has 1 rings (SSSR count). The van der Waals surface area contributed by atoms with Crippen LogP contribution in [0.25, 0.3) is 0 Å². The first-order valence-electron chi connectivity index (χ1n) is 5.55. The van der Waals surface area contributed by atoms with E-state index in [-0.39, 0.29) is 12.3 Å². The molecule has 5 nitrogen and oxygen atoms in total. The molecule has 20 heavy (non-hydrogen) atoms. The predicted octanol–water partition coefficient (Wildman–Crippen LogP) is 2.12. The van der Waals surface area contributed by atoms with Gasteiger partial charge in [0.2, 0.25) is 0 Å². The number of halogens is 3. The van der Waals surface area contributed by atoms with Crippen molar-refractivity contribution in [2.45, 2.75) is 13.1 Å². The van der Waals surface area contributed by atoms with Crippen LogP contribution in [0, 0.1) is 0 Å². The summed E-state index contributed by atoms with van der Waals surface area (Å²) in [4.78, 5) is 18.6. The van der Waals surface area contributed by atoms with E-state index in [4.69, 9.17) is 5.73 Å². The number of hydrogen-bond acceptors (Lipinski definition) is 5. The minimum atomic E-state index is -4.85. The van der Waals surface area contributed by atoms with Crippen molar-refractivity contribution in [3.63, 3.8) is 0 Å². The molecule has 1 aromatic heterocycles. The van der Waals surface area contributed by atoms with E-state index >= 15 is 0 Å². The van der Waals surface area contributed by atoms with E-state index in [0.717, 1.165) is 0 Å². The van der Waals surface area contributed by atoms with Crippen molar-refractivity contribution in [3.8, 4) is 0 Å². The second-order valence-electron chi connectivity index (χ2n) is 3.46. The molecule has 0 aliphatic rings. The van der Waals surface area contributed by atoms with Crippen LogP contribution < -0.4 is 5.73 Å². The maximum absolute atomic E-state index is 13.0. The van der Waals surface area contributed by atoms with Crippen LogP contribution in [-0.2, 0) is 9.53 Å². The number of aromatic nitrogens is 1. The average molecular weight is 287 g/mol. The summed E-state index contributed by atoms with van der Waals surface area (Å²) in [6.07, 6.45) is -1.75. The molecule has 1 heterocycles. The summed E-state index contributed by atoms with van der Waals surface area (Å²) in [6.45, 7) is 1.40. The zero-order valence-corrected chi connectivity index (χ0v) is 10.5. The van der Waals surface area contributed by atoms with Gasteiger partial charge in [-0.1, -0.05) is 0 Å². The van der Waals surface area contributed by atoms with E-state index < -0.39 is 23.4 Å². The second kappa shape index (κ2) is 6.69. The van der Waals surface area contributed by atoms with E-state index in [0.29, 0.717) is 6.20 Å². The molecule has 0 radical (unpaired) electrons. The van der Waals surface area contributed by atoms with Gasteiger partial charge in [-0.2, -0.15) is 13.2 Å². The van der Waals surface area contributed by atoms with Crippen molar-refractivity contribution in [2.24, 2.45) is 10.7 Å². The van der Waals surface area contributed by atoms with Crippen LogP contribution in [0.15, 0.2) is 41.3 Å². The first-order valence-corrected chi connectivity index (χ1v) is 5.55. The Morgan fingerprint density at radius 1 is 1.45 bits per heavy atom. The Morgan fingerprint density at radius 2 is 2.05 bits per heavy atom. The molecule has 0 fully saturated rings. The van der Waals surface area contributed by atoms with Gasteiger partial charge in [0.25, 0.3) is 0 Å². The van der Waals surface area contributed by atoms with E-state index in [1.807, 2.05) is 0 Å². The highest BCUT2D eigenvalue weighted by molar-refractivity contribution is 6.22. The number of hydrogen-bond donors (Lipinski definition) is 1. The Kier molecular flexibility index (Phi) is 5.24. The van der Waals surface area contributed by atoms with Crippen molar-refractivity contribution < 1.29 is 22.7 Å². The van der Waals surface area contributed by atoms with Crippen LogP contribution in [0.1, 0.15) is 6.92 Å².